The fourth-order valence-corrected chi connectivity index (χ4v) is 2.97. The van der Waals surface area contributed by atoms with Crippen molar-refractivity contribution in [3.63, 3.8) is 0 Å². The lowest BCUT2D eigenvalue weighted by molar-refractivity contribution is -0.0740. The van der Waals surface area contributed by atoms with Gasteiger partial charge >= 0.3 is 0 Å². The van der Waals surface area contributed by atoms with Crippen molar-refractivity contribution in [2.24, 2.45) is 5.41 Å². The van der Waals surface area contributed by atoms with Crippen molar-refractivity contribution in [1.29, 1.82) is 0 Å². The van der Waals surface area contributed by atoms with Gasteiger partial charge in [0.05, 0.1) is 12.0 Å². The highest BCUT2D eigenvalue weighted by Crippen LogP contribution is 2.46. The zero-order valence-electron chi connectivity index (χ0n) is 13.8. The highest BCUT2D eigenvalue weighted by molar-refractivity contribution is 5.07. The van der Waals surface area contributed by atoms with E-state index in [0.717, 1.165) is 25.7 Å². The Kier molecular flexibility index (Phi) is 4.73. The van der Waals surface area contributed by atoms with Crippen LogP contribution in [0.3, 0.4) is 0 Å². The molecule has 0 aliphatic heterocycles. The van der Waals surface area contributed by atoms with Gasteiger partial charge in [-0.1, -0.05) is 32.9 Å². The average molecular weight is 296 g/mol. The van der Waals surface area contributed by atoms with Gasteiger partial charge < -0.3 is 14.4 Å². The van der Waals surface area contributed by atoms with Crippen molar-refractivity contribution < 1.29 is 14.4 Å². The smallest absolute Gasteiger partial charge is 0.232 e. The molecule has 1 aliphatic rings. The fourth-order valence-electron chi connectivity index (χ4n) is 2.97. The van der Waals surface area contributed by atoms with Gasteiger partial charge in [0.25, 0.3) is 0 Å². The van der Waals surface area contributed by atoms with Crippen molar-refractivity contribution in [3.8, 4) is 0 Å². The maximum Gasteiger partial charge on any atom is 0.232 e. The molecule has 0 aromatic carbocycles. The van der Waals surface area contributed by atoms with Gasteiger partial charge in [0, 0.05) is 7.11 Å². The van der Waals surface area contributed by atoms with Gasteiger partial charge in [0.2, 0.25) is 11.7 Å². The molecule has 1 heterocycles. The van der Waals surface area contributed by atoms with Crippen LogP contribution in [0.4, 0.5) is 0 Å². The molecule has 1 saturated carbocycles. The number of hydrogen-bond acceptors (Lipinski definition) is 5. The van der Waals surface area contributed by atoms with Gasteiger partial charge in [0.1, 0.15) is 5.60 Å². The Balaban J connectivity index is 2.19. The topological polar surface area (TPSA) is 68.4 Å². The average Bonchev–Trinajstić information content (AvgIpc) is 2.96. The number of aliphatic hydroxyl groups excluding tert-OH is 1. The molecule has 120 valence electrons. The third kappa shape index (κ3) is 3.29. The summed E-state index contributed by atoms with van der Waals surface area (Å²) >= 11 is 0. The summed E-state index contributed by atoms with van der Waals surface area (Å²) < 4.78 is 11.2. The first-order chi connectivity index (χ1) is 9.83. The molecule has 0 bridgehead atoms. The minimum absolute atomic E-state index is 0.148. The number of nitrogens with zero attached hydrogens (tertiary/aromatic N) is 2. The van der Waals surface area contributed by atoms with Crippen LogP contribution in [0.1, 0.15) is 77.4 Å². The lowest BCUT2D eigenvalue weighted by atomic mass is 9.70. The predicted octanol–water partition coefficient (Wildman–Crippen LogP) is 3.39. The lowest BCUT2D eigenvalue weighted by Crippen LogP contribution is -2.37. The van der Waals surface area contributed by atoms with Crippen LogP contribution in [0.15, 0.2) is 4.52 Å². The van der Waals surface area contributed by atoms with Gasteiger partial charge in [0.15, 0.2) is 0 Å². The number of rotatable bonds is 5. The maximum atomic E-state index is 9.93. The Morgan fingerprint density at radius 1 is 1.29 bits per heavy atom. The summed E-state index contributed by atoms with van der Waals surface area (Å²) in [7, 11) is 1.72. The summed E-state index contributed by atoms with van der Waals surface area (Å²) in [4.78, 5) is 4.53. The lowest BCUT2D eigenvalue weighted by Gasteiger charge is -2.40. The highest BCUT2D eigenvalue weighted by Gasteiger charge is 2.43. The molecule has 0 amide bonds. The maximum absolute atomic E-state index is 9.93. The quantitative estimate of drug-likeness (QED) is 0.902. The normalized spacial score (nSPS) is 23.7. The van der Waals surface area contributed by atoms with Crippen molar-refractivity contribution in [3.05, 3.63) is 11.7 Å². The molecular formula is C16H28N2O3. The Morgan fingerprint density at radius 3 is 2.43 bits per heavy atom. The molecule has 0 saturated heterocycles. The summed E-state index contributed by atoms with van der Waals surface area (Å²) in [6.07, 6.45) is 4.18. The van der Waals surface area contributed by atoms with Gasteiger partial charge in [-0.05, 0) is 37.5 Å². The third-order valence-electron chi connectivity index (χ3n) is 5.04. The fraction of sp³-hybridized carbons (Fsp3) is 0.875. The van der Waals surface area contributed by atoms with E-state index in [-0.39, 0.29) is 5.92 Å². The molecule has 0 radical (unpaired) electrons. The second kappa shape index (κ2) is 6.05. The van der Waals surface area contributed by atoms with E-state index in [2.05, 4.69) is 24.0 Å². The number of hydrogen-bond donors (Lipinski definition) is 1. The Morgan fingerprint density at radius 2 is 1.90 bits per heavy atom. The molecule has 5 heteroatoms. The monoisotopic (exact) mass is 296 g/mol. The summed E-state index contributed by atoms with van der Waals surface area (Å²) in [6.45, 7) is 8.43. The Bertz CT molecular complexity index is 460. The number of methoxy groups -OCH3 is 1. The molecule has 1 aromatic rings. The SMILES string of the molecule is CCC(O)C(C)c1nc(C2(OC)CCC(C)(C)CC2)no1. The van der Waals surface area contributed by atoms with Crippen LogP contribution in [0.25, 0.3) is 0 Å². The van der Waals surface area contributed by atoms with Crippen LogP contribution in [-0.4, -0.2) is 28.5 Å². The van der Waals surface area contributed by atoms with E-state index >= 15 is 0 Å². The third-order valence-corrected chi connectivity index (χ3v) is 5.04. The van der Waals surface area contributed by atoms with E-state index in [9.17, 15) is 5.11 Å². The summed E-state index contributed by atoms with van der Waals surface area (Å²) in [5.74, 6) is 0.983. The number of aliphatic hydroxyl groups is 1. The molecule has 5 nitrogen and oxygen atoms in total. The van der Waals surface area contributed by atoms with E-state index in [1.165, 1.54) is 0 Å². The summed E-state index contributed by atoms with van der Waals surface area (Å²) in [5, 5.41) is 14.1. The summed E-state index contributed by atoms with van der Waals surface area (Å²) in [6, 6.07) is 0. The molecular weight excluding hydrogens is 268 g/mol. The van der Waals surface area contributed by atoms with Crippen LogP contribution in [0, 0.1) is 5.41 Å². The van der Waals surface area contributed by atoms with Crippen molar-refractivity contribution in [1.82, 2.24) is 10.1 Å². The molecule has 1 aliphatic carbocycles. The van der Waals surface area contributed by atoms with Crippen LogP contribution in [-0.2, 0) is 10.3 Å². The van der Waals surface area contributed by atoms with Crippen LogP contribution in [0.5, 0.6) is 0 Å². The molecule has 21 heavy (non-hydrogen) atoms. The van der Waals surface area contributed by atoms with Crippen LogP contribution < -0.4 is 0 Å². The van der Waals surface area contributed by atoms with Gasteiger partial charge in [-0.15, -0.1) is 0 Å². The van der Waals surface area contributed by atoms with Gasteiger partial charge in [-0.3, -0.25) is 0 Å². The van der Waals surface area contributed by atoms with E-state index < -0.39 is 11.7 Å². The van der Waals surface area contributed by atoms with Crippen molar-refractivity contribution >= 4 is 0 Å². The first kappa shape index (κ1) is 16.4. The second-order valence-electron chi connectivity index (χ2n) is 7.08. The first-order valence-electron chi connectivity index (χ1n) is 7.91. The minimum Gasteiger partial charge on any atom is -0.392 e. The summed E-state index contributed by atoms with van der Waals surface area (Å²) in [5.41, 5.74) is -0.0888. The van der Waals surface area contributed by atoms with Crippen LogP contribution >= 0.6 is 0 Å². The predicted molar refractivity (Wildman–Crippen MR) is 79.9 cm³/mol. The standard InChI is InChI=1S/C16H28N2O3/c1-6-12(19)11(2)13-17-14(18-21-13)16(20-5)9-7-15(3,4)8-10-16/h11-12,19H,6-10H2,1-5H3. The molecule has 2 rings (SSSR count). The molecule has 1 aromatic heterocycles. The number of aromatic nitrogens is 2. The first-order valence-corrected chi connectivity index (χ1v) is 7.91. The Labute approximate surface area is 127 Å². The van der Waals surface area contributed by atoms with Gasteiger partial charge in [-0.2, -0.15) is 4.98 Å². The van der Waals surface area contributed by atoms with E-state index in [0.29, 0.717) is 23.6 Å². The molecule has 1 N–H and O–H groups in total. The Hall–Kier alpha value is -0.940. The van der Waals surface area contributed by atoms with E-state index in [1.54, 1.807) is 7.11 Å². The van der Waals surface area contributed by atoms with Crippen molar-refractivity contribution in [2.75, 3.05) is 7.11 Å². The molecule has 2 atom stereocenters. The number of ether oxygens (including phenoxy) is 1. The molecule has 0 spiro atoms. The largest absolute Gasteiger partial charge is 0.392 e. The minimum atomic E-state index is -0.456. The van der Waals surface area contributed by atoms with Gasteiger partial charge in [-0.25, -0.2) is 0 Å². The molecule has 2 unspecified atom stereocenters. The van der Waals surface area contributed by atoms with E-state index in [4.69, 9.17) is 9.26 Å². The molecule has 1 fully saturated rings. The van der Waals surface area contributed by atoms with Crippen molar-refractivity contribution in [2.45, 2.75) is 77.4 Å². The zero-order valence-corrected chi connectivity index (χ0v) is 13.8. The second-order valence-corrected chi connectivity index (χ2v) is 7.08. The van der Waals surface area contributed by atoms with E-state index in [1.807, 2.05) is 13.8 Å². The highest BCUT2D eigenvalue weighted by atomic mass is 16.5. The van der Waals surface area contributed by atoms with Crippen LogP contribution in [0.2, 0.25) is 0 Å². The zero-order chi connectivity index (χ0) is 15.7.